The van der Waals surface area contributed by atoms with Crippen LogP contribution in [0.25, 0.3) is 16.8 Å². The second-order valence-corrected chi connectivity index (χ2v) is 7.66. The van der Waals surface area contributed by atoms with E-state index >= 15 is 0 Å². The third kappa shape index (κ3) is 4.36. The van der Waals surface area contributed by atoms with Crippen molar-refractivity contribution in [2.75, 3.05) is 13.1 Å². The van der Waals surface area contributed by atoms with Crippen LogP contribution in [0.3, 0.4) is 0 Å². The number of hydrogen-bond donors (Lipinski definition) is 1. The van der Waals surface area contributed by atoms with E-state index in [0.29, 0.717) is 5.56 Å². The molecule has 1 saturated heterocycles. The molecule has 1 atom stereocenters. The van der Waals surface area contributed by atoms with E-state index in [0.717, 1.165) is 15.4 Å². The van der Waals surface area contributed by atoms with Gasteiger partial charge in [-0.05, 0) is 18.6 Å². The lowest BCUT2D eigenvalue weighted by atomic mass is 10.1. The minimum Gasteiger partial charge on any atom is -0.472 e. The highest BCUT2D eigenvalue weighted by atomic mass is 35.5. The van der Waals surface area contributed by atoms with Crippen LogP contribution in [0.2, 0.25) is 5.15 Å². The Balaban J connectivity index is 1.67. The molecule has 0 bridgehead atoms. The van der Waals surface area contributed by atoms with Gasteiger partial charge in [0.25, 0.3) is 5.91 Å². The summed E-state index contributed by atoms with van der Waals surface area (Å²) >= 11 is 6.21. The van der Waals surface area contributed by atoms with Crippen LogP contribution in [-0.2, 0) is 11.0 Å². The molecule has 0 aromatic carbocycles. The third-order valence-corrected chi connectivity index (χ3v) is 5.45. The number of fused-ring (bicyclic) bond motifs is 1. The minimum absolute atomic E-state index is 0.0248. The van der Waals surface area contributed by atoms with Crippen LogP contribution in [0.1, 0.15) is 22.5 Å². The summed E-state index contributed by atoms with van der Waals surface area (Å²) in [6.07, 6.45) is -6.11. The van der Waals surface area contributed by atoms with Gasteiger partial charge in [-0.1, -0.05) is 11.6 Å². The van der Waals surface area contributed by atoms with E-state index in [1.165, 1.54) is 24.8 Å². The van der Waals surface area contributed by atoms with Crippen molar-refractivity contribution in [2.45, 2.75) is 24.8 Å². The number of furan rings is 1. The van der Waals surface area contributed by atoms with E-state index in [1.54, 1.807) is 5.32 Å². The highest BCUT2D eigenvalue weighted by molar-refractivity contribution is 6.33. The Kier molecular flexibility index (Phi) is 5.55. The summed E-state index contributed by atoms with van der Waals surface area (Å²) in [5, 5.41) is 1.38. The Morgan fingerprint density at radius 1 is 1.18 bits per heavy atom. The molecule has 1 unspecified atom stereocenters. The molecule has 0 saturated carbocycles. The van der Waals surface area contributed by atoms with Crippen molar-refractivity contribution < 1.29 is 40.3 Å². The first-order valence-electron chi connectivity index (χ1n) is 9.34. The van der Waals surface area contributed by atoms with Gasteiger partial charge < -0.3 is 14.6 Å². The van der Waals surface area contributed by atoms with Crippen molar-refractivity contribution in [3.05, 3.63) is 47.3 Å². The number of amides is 2. The van der Waals surface area contributed by atoms with Crippen LogP contribution in [0.5, 0.6) is 0 Å². The van der Waals surface area contributed by atoms with Gasteiger partial charge in [-0.2, -0.15) is 26.3 Å². The Labute approximate surface area is 185 Å². The molecule has 1 fully saturated rings. The molecule has 2 amide bonds. The Morgan fingerprint density at radius 2 is 1.91 bits per heavy atom. The number of nitrogens with zero attached hydrogens (tertiary/aromatic N) is 3. The molecular formula is C19H13ClF6N4O3. The maximum absolute atomic E-state index is 13.7. The molecule has 3 aromatic heterocycles. The molecule has 0 spiro atoms. The molecule has 176 valence electrons. The summed E-state index contributed by atoms with van der Waals surface area (Å²) in [5.41, 5.74) is -1.79. The standard InChI is InChI=1S/C19H13ClF6N4O3/c20-14-13(16(31)29-3-1-11(7-29)27-17(32)19(24,25)26)28-15-12(18(21,22)23)5-10(6-30(14)15)9-2-4-33-8-9/h2,4-6,8,11H,1,3,7H2,(H,27,32). The molecule has 1 aliphatic rings. The maximum atomic E-state index is 13.7. The fourth-order valence-electron chi connectivity index (χ4n) is 3.53. The first-order valence-corrected chi connectivity index (χ1v) is 9.72. The molecule has 0 radical (unpaired) electrons. The van der Waals surface area contributed by atoms with Gasteiger partial charge in [-0.25, -0.2) is 4.98 Å². The predicted molar refractivity (Wildman–Crippen MR) is 101 cm³/mol. The molecule has 4 rings (SSSR count). The number of imidazole rings is 1. The molecule has 0 aliphatic carbocycles. The molecular weight excluding hydrogens is 482 g/mol. The average Bonchev–Trinajstić information content (AvgIpc) is 3.46. The minimum atomic E-state index is -5.08. The lowest BCUT2D eigenvalue weighted by molar-refractivity contribution is -0.174. The van der Waals surface area contributed by atoms with Crippen molar-refractivity contribution >= 4 is 29.1 Å². The van der Waals surface area contributed by atoms with Gasteiger partial charge >= 0.3 is 18.3 Å². The number of alkyl halides is 6. The number of carbonyl (C=O) groups is 2. The lowest BCUT2D eigenvalue weighted by Gasteiger charge is -2.16. The maximum Gasteiger partial charge on any atom is 0.471 e. The van der Waals surface area contributed by atoms with Crippen molar-refractivity contribution in [1.29, 1.82) is 0 Å². The number of rotatable bonds is 3. The monoisotopic (exact) mass is 494 g/mol. The molecule has 14 heteroatoms. The second kappa shape index (κ2) is 7.97. The Morgan fingerprint density at radius 3 is 2.52 bits per heavy atom. The van der Waals surface area contributed by atoms with E-state index in [9.17, 15) is 35.9 Å². The smallest absolute Gasteiger partial charge is 0.471 e. The fourth-order valence-corrected chi connectivity index (χ4v) is 3.78. The molecule has 4 heterocycles. The van der Waals surface area contributed by atoms with Crippen molar-refractivity contribution in [3.8, 4) is 11.1 Å². The van der Waals surface area contributed by atoms with Crippen LogP contribution >= 0.6 is 11.6 Å². The summed E-state index contributed by atoms with van der Waals surface area (Å²) in [4.78, 5) is 28.9. The van der Waals surface area contributed by atoms with Gasteiger partial charge in [0.05, 0.1) is 18.1 Å². The van der Waals surface area contributed by atoms with Gasteiger partial charge in [0, 0.05) is 36.5 Å². The van der Waals surface area contributed by atoms with Crippen LogP contribution in [0, 0.1) is 0 Å². The predicted octanol–water partition coefficient (Wildman–Crippen LogP) is 4.16. The number of likely N-dealkylation sites (tertiary alicyclic amines) is 1. The zero-order chi connectivity index (χ0) is 24.1. The summed E-state index contributed by atoms with van der Waals surface area (Å²) in [6, 6.07) is 1.31. The van der Waals surface area contributed by atoms with Gasteiger partial charge in [0.1, 0.15) is 5.15 Å². The highest BCUT2D eigenvalue weighted by Gasteiger charge is 2.42. The third-order valence-electron chi connectivity index (χ3n) is 5.09. The first-order chi connectivity index (χ1) is 15.4. The van der Waals surface area contributed by atoms with E-state index < -0.39 is 52.3 Å². The fraction of sp³-hybridized carbons (Fsp3) is 0.316. The topological polar surface area (TPSA) is 79.9 Å². The zero-order valence-corrected chi connectivity index (χ0v) is 17.1. The van der Waals surface area contributed by atoms with Crippen molar-refractivity contribution in [2.24, 2.45) is 0 Å². The van der Waals surface area contributed by atoms with E-state index in [-0.39, 0.29) is 25.1 Å². The number of halogens is 7. The number of pyridine rings is 1. The van der Waals surface area contributed by atoms with Crippen LogP contribution < -0.4 is 5.32 Å². The Bertz CT molecular complexity index is 1220. The first kappa shape index (κ1) is 23.0. The largest absolute Gasteiger partial charge is 0.472 e. The van der Waals surface area contributed by atoms with Gasteiger partial charge in [-0.3, -0.25) is 14.0 Å². The number of hydrogen-bond acceptors (Lipinski definition) is 4. The summed E-state index contributed by atoms with van der Waals surface area (Å²) in [7, 11) is 0. The number of nitrogens with one attached hydrogen (secondary N) is 1. The van der Waals surface area contributed by atoms with E-state index in [2.05, 4.69) is 4.98 Å². The molecule has 1 aliphatic heterocycles. The zero-order valence-electron chi connectivity index (χ0n) is 16.3. The van der Waals surface area contributed by atoms with Gasteiger partial charge in [0.2, 0.25) is 0 Å². The molecule has 7 nitrogen and oxygen atoms in total. The van der Waals surface area contributed by atoms with Crippen LogP contribution in [-0.4, -0.2) is 51.4 Å². The number of carbonyl (C=O) groups excluding carboxylic acids is 2. The SMILES string of the molecule is O=C(c1nc2c(C(F)(F)F)cc(-c3ccoc3)cn2c1Cl)N1CCC(NC(=O)C(F)(F)F)C1. The second-order valence-electron chi connectivity index (χ2n) is 7.31. The van der Waals surface area contributed by atoms with Crippen LogP contribution in [0.15, 0.2) is 35.3 Å². The van der Waals surface area contributed by atoms with E-state index in [4.69, 9.17) is 16.0 Å². The average molecular weight is 495 g/mol. The van der Waals surface area contributed by atoms with Crippen LogP contribution in [0.4, 0.5) is 26.3 Å². The number of aromatic nitrogens is 2. The van der Waals surface area contributed by atoms with Crippen molar-refractivity contribution in [3.63, 3.8) is 0 Å². The van der Waals surface area contributed by atoms with Gasteiger partial charge in [0.15, 0.2) is 11.3 Å². The summed E-state index contributed by atoms with van der Waals surface area (Å²) in [5.74, 6) is -3.01. The Hall–Kier alpha value is -3.22. The van der Waals surface area contributed by atoms with Crippen molar-refractivity contribution in [1.82, 2.24) is 19.6 Å². The van der Waals surface area contributed by atoms with E-state index in [1.807, 2.05) is 0 Å². The molecule has 3 aromatic rings. The highest BCUT2D eigenvalue weighted by Crippen LogP contribution is 2.37. The summed E-state index contributed by atoms with van der Waals surface area (Å²) < 4.78 is 84.3. The van der Waals surface area contributed by atoms with Gasteiger partial charge in [-0.15, -0.1) is 0 Å². The normalized spacial score (nSPS) is 17.1. The summed E-state index contributed by atoms with van der Waals surface area (Å²) in [6.45, 7) is -0.324. The molecule has 1 N–H and O–H groups in total. The quantitative estimate of drug-likeness (QED) is 0.555. The lowest BCUT2D eigenvalue weighted by Crippen LogP contribution is -2.44. The molecule has 33 heavy (non-hydrogen) atoms.